The first-order valence-corrected chi connectivity index (χ1v) is 9.46. The van der Waals surface area contributed by atoms with Gasteiger partial charge in [0.25, 0.3) is 0 Å². The van der Waals surface area contributed by atoms with Crippen LogP contribution in [0.1, 0.15) is 5.56 Å². The van der Waals surface area contributed by atoms with Crippen LogP contribution in [0, 0.1) is 0 Å². The number of ether oxygens (including phenoxy) is 1. The minimum atomic E-state index is -0.257. The third kappa shape index (κ3) is 5.50. The van der Waals surface area contributed by atoms with Gasteiger partial charge in [0.1, 0.15) is 12.4 Å². The molecule has 0 aromatic heterocycles. The van der Waals surface area contributed by atoms with E-state index in [0.29, 0.717) is 29.8 Å². The Morgan fingerprint density at radius 1 is 0.852 bits per heavy atom. The summed E-state index contributed by atoms with van der Waals surface area (Å²) in [6.45, 7) is 1.04. The van der Waals surface area contributed by atoms with Crippen molar-refractivity contribution in [1.82, 2.24) is 0 Å². The Morgan fingerprint density at radius 3 is 2.22 bits per heavy atom. The molecule has 3 aromatic carbocycles. The summed E-state index contributed by atoms with van der Waals surface area (Å²) >= 11 is 12.5. The normalized spacial score (nSPS) is 10.6. The second-order valence-corrected chi connectivity index (χ2v) is 6.89. The Balaban J connectivity index is 1.79. The minimum Gasteiger partial charge on any atom is -0.489 e. The highest BCUT2D eigenvalue weighted by molar-refractivity contribution is 6.80. The van der Waals surface area contributed by atoms with Crippen molar-refractivity contribution in [2.24, 2.45) is 5.73 Å². The van der Waals surface area contributed by atoms with Gasteiger partial charge < -0.3 is 15.1 Å². The summed E-state index contributed by atoms with van der Waals surface area (Å²) in [6, 6.07) is 23.1. The molecule has 3 nitrogen and oxygen atoms in total. The quantitative estimate of drug-likeness (QED) is 0.588. The molecule has 0 amide bonds. The third-order valence-electron chi connectivity index (χ3n) is 4.09. The first-order valence-electron chi connectivity index (χ1n) is 8.70. The van der Waals surface area contributed by atoms with Gasteiger partial charge in [0.15, 0.2) is 0 Å². The Morgan fingerprint density at radius 2 is 1.56 bits per heavy atom. The van der Waals surface area contributed by atoms with E-state index in [1.165, 1.54) is 0 Å². The lowest BCUT2D eigenvalue weighted by atomic mass is 9.55. The van der Waals surface area contributed by atoms with E-state index in [1.54, 1.807) is 0 Å². The van der Waals surface area contributed by atoms with Gasteiger partial charge in [0.05, 0.1) is 0 Å². The SMILES string of the molecule is NCCOB(c1ccc(Cl)cc1)c1ccc(COc2ccccc2)c(Cl)c1. The molecule has 0 spiro atoms. The molecule has 27 heavy (non-hydrogen) atoms. The van der Waals surface area contributed by atoms with Crippen LogP contribution in [0.5, 0.6) is 5.75 Å². The zero-order valence-electron chi connectivity index (χ0n) is 14.8. The van der Waals surface area contributed by atoms with Gasteiger partial charge in [-0.05, 0) is 41.3 Å². The molecule has 0 saturated carbocycles. The van der Waals surface area contributed by atoms with Crippen molar-refractivity contribution in [2.45, 2.75) is 6.61 Å². The molecule has 6 heteroatoms. The first-order chi connectivity index (χ1) is 13.2. The van der Waals surface area contributed by atoms with Crippen LogP contribution in [0.4, 0.5) is 0 Å². The van der Waals surface area contributed by atoms with Crippen LogP contribution in [-0.2, 0) is 11.3 Å². The van der Waals surface area contributed by atoms with Crippen LogP contribution in [0.3, 0.4) is 0 Å². The molecule has 138 valence electrons. The maximum atomic E-state index is 6.51. The van der Waals surface area contributed by atoms with Crippen LogP contribution in [0.25, 0.3) is 0 Å². The average Bonchev–Trinajstić information content (AvgIpc) is 2.69. The maximum absolute atomic E-state index is 6.51. The number of benzene rings is 3. The Hall–Kier alpha value is -1.98. The van der Waals surface area contributed by atoms with Crippen molar-refractivity contribution in [1.29, 1.82) is 0 Å². The standard InChI is InChI=1S/C21H20BCl2NO2/c23-19-10-8-17(9-11-19)22(27-13-12-25)18-7-6-16(21(24)14-18)15-26-20-4-2-1-3-5-20/h1-11,14H,12-13,15,25H2. The Kier molecular flexibility index (Phi) is 7.19. The molecule has 0 bridgehead atoms. The van der Waals surface area contributed by atoms with Crippen molar-refractivity contribution in [3.63, 3.8) is 0 Å². The van der Waals surface area contributed by atoms with Crippen molar-refractivity contribution in [3.8, 4) is 5.75 Å². The van der Waals surface area contributed by atoms with E-state index in [2.05, 4.69) is 0 Å². The molecule has 0 aliphatic rings. The molecule has 2 N–H and O–H groups in total. The number of rotatable bonds is 8. The van der Waals surface area contributed by atoms with E-state index < -0.39 is 0 Å². The second-order valence-electron chi connectivity index (χ2n) is 6.04. The van der Waals surface area contributed by atoms with Crippen LogP contribution < -0.4 is 21.4 Å². The lowest BCUT2D eigenvalue weighted by molar-refractivity contribution is 0.306. The fourth-order valence-electron chi connectivity index (χ4n) is 2.73. The Labute approximate surface area is 170 Å². The predicted molar refractivity (Wildman–Crippen MR) is 114 cm³/mol. The molecule has 0 aliphatic heterocycles. The zero-order chi connectivity index (χ0) is 19.1. The first kappa shape index (κ1) is 19.8. The molecule has 0 aliphatic carbocycles. The monoisotopic (exact) mass is 399 g/mol. The number of hydrogen-bond donors (Lipinski definition) is 1. The van der Waals surface area contributed by atoms with E-state index in [4.69, 9.17) is 38.3 Å². The third-order valence-corrected chi connectivity index (χ3v) is 4.70. The van der Waals surface area contributed by atoms with E-state index in [0.717, 1.165) is 22.2 Å². The molecule has 0 heterocycles. The summed E-state index contributed by atoms with van der Waals surface area (Å²) in [6.07, 6.45) is 0. The van der Waals surface area contributed by atoms with Gasteiger partial charge in [-0.2, -0.15) is 0 Å². The largest absolute Gasteiger partial charge is 0.489 e. The highest BCUT2D eigenvalue weighted by Gasteiger charge is 2.22. The number of hydrogen-bond acceptors (Lipinski definition) is 3. The van der Waals surface area contributed by atoms with Crippen molar-refractivity contribution in [2.75, 3.05) is 13.2 Å². The summed E-state index contributed by atoms with van der Waals surface area (Å²) in [5.41, 5.74) is 8.49. The van der Waals surface area contributed by atoms with Crippen LogP contribution in [0.15, 0.2) is 72.8 Å². The van der Waals surface area contributed by atoms with Crippen molar-refractivity contribution >= 4 is 41.0 Å². The maximum Gasteiger partial charge on any atom is 0.361 e. The van der Waals surface area contributed by atoms with Crippen LogP contribution in [-0.4, -0.2) is 20.1 Å². The molecule has 0 unspecified atom stereocenters. The molecule has 0 atom stereocenters. The number of nitrogens with two attached hydrogens (primary N) is 1. The molecule has 0 radical (unpaired) electrons. The molecule has 3 aromatic rings. The summed E-state index contributed by atoms with van der Waals surface area (Å²) in [5, 5.41) is 1.32. The number of para-hydroxylation sites is 1. The zero-order valence-corrected chi connectivity index (χ0v) is 16.3. The Bertz CT molecular complexity index is 860. The summed E-state index contributed by atoms with van der Waals surface area (Å²) < 4.78 is 11.8. The molecule has 0 saturated heterocycles. The topological polar surface area (TPSA) is 44.5 Å². The highest BCUT2D eigenvalue weighted by atomic mass is 35.5. The molecule has 0 fully saturated rings. The predicted octanol–water partition coefficient (Wildman–Crippen LogP) is 3.65. The van der Waals surface area contributed by atoms with Crippen LogP contribution in [0.2, 0.25) is 10.0 Å². The highest BCUT2D eigenvalue weighted by Crippen LogP contribution is 2.18. The fraction of sp³-hybridized carbons (Fsp3) is 0.143. The van der Waals surface area contributed by atoms with Gasteiger partial charge in [-0.3, -0.25) is 0 Å². The molecular weight excluding hydrogens is 380 g/mol. The summed E-state index contributed by atoms with van der Waals surface area (Å²) in [7, 11) is 0. The van der Waals surface area contributed by atoms with Crippen LogP contribution >= 0.6 is 23.2 Å². The van der Waals surface area contributed by atoms with E-state index in [-0.39, 0.29) is 6.92 Å². The van der Waals surface area contributed by atoms with Gasteiger partial charge in [-0.1, -0.05) is 65.7 Å². The molecular formula is C21H20BCl2NO2. The van der Waals surface area contributed by atoms with Gasteiger partial charge in [-0.25, -0.2) is 0 Å². The minimum absolute atomic E-state index is 0.257. The van der Waals surface area contributed by atoms with E-state index in [1.807, 2.05) is 72.8 Å². The lowest BCUT2D eigenvalue weighted by Gasteiger charge is -2.16. The van der Waals surface area contributed by atoms with Crippen molar-refractivity contribution in [3.05, 3.63) is 88.4 Å². The van der Waals surface area contributed by atoms with E-state index >= 15 is 0 Å². The van der Waals surface area contributed by atoms with Gasteiger partial charge in [0, 0.05) is 28.8 Å². The second kappa shape index (κ2) is 9.81. The van der Waals surface area contributed by atoms with Gasteiger partial charge >= 0.3 is 6.92 Å². The smallest absolute Gasteiger partial charge is 0.361 e. The average molecular weight is 400 g/mol. The fourth-order valence-corrected chi connectivity index (χ4v) is 3.10. The molecule has 3 rings (SSSR count). The van der Waals surface area contributed by atoms with Gasteiger partial charge in [0.2, 0.25) is 0 Å². The summed E-state index contributed by atoms with van der Waals surface area (Å²) in [4.78, 5) is 0. The van der Waals surface area contributed by atoms with Crippen molar-refractivity contribution < 1.29 is 9.39 Å². The van der Waals surface area contributed by atoms with E-state index in [9.17, 15) is 0 Å². The summed E-state index contributed by atoms with van der Waals surface area (Å²) in [5.74, 6) is 0.808. The lowest BCUT2D eigenvalue weighted by Crippen LogP contribution is -2.46. The van der Waals surface area contributed by atoms with Gasteiger partial charge in [-0.15, -0.1) is 0 Å². The number of halogens is 2.